The van der Waals surface area contributed by atoms with Crippen LogP contribution in [0.3, 0.4) is 0 Å². The zero-order valence-corrected chi connectivity index (χ0v) is 15.6. The summed E-state index contributed by atoms with van der Waals surface area (Å²) in [6.07, 6.45) is 2.05. The minimum atomic E-state index is -3.46. The Kier molecular flexibility index (Phi) is 6.40. The molecule has 0 aliphatic carbocycles. The average molecular weight is 353 g/mol. The Hall–Kier alpha value is -1.40. The highest BCUT2D eigenvalue weighted by Gasteiger charge is 2.31. The average Bonchev–Trinajstić information content (AvgIpc) is 2.59. The Morgan fingerprint density at radius 3 is 2.29 bits per heavy atom. The van der Waals surface area contributed by atoms with Gasteiger partial charge < -0.3 is 5.32 Å². The lowest BCUT2D eigenvalue weighted by atomic mass is 9.97. The van der Waals surface area contributed by atoms with Crippen LogP contribution in [0.5, 0.6) is 0 Å². The Balaban J connectivity index is 1.96. The molecule has 6 heteroatoms. The van der Waals surface area contributed by atoms with Crippen molar-refractivity contribution in [2.24, 2.45) is 11.8 Å². The van der Waals surface area contributed by atoms with Gasteiger partial charge in [0.2, 0.25) is 15.9 Å². The highest BCUT2D eigenvalue weighted by atomic mass is 32.2. The molecule has 0 bridgehead atoms. The van der Waals surface area contributed by atoms with Gasteiger partial charge in [-0.3, -0.25) is 4.79 Å². The maximum atomic E-state index is 12.7. The minimum Gasteiger partial charge on any atom is -0.356 e. The number of carbonyl (C=O) groups excluding carboxylic acids is 1. The molecule has 0 saturated carbocycles. The van der Waals surface area contributed by atoms with Crippen molar-refractivity contribution >= 4 is 15.9 Å². The van der Waals surface area contributed by atoms with Crippen molar-refractivity contribution < 1.29 is 13.2 Å². The van der Waals surface area contributed by atoms with Crippen molar-refractivity contribution in [1.82, 2.24) is 9.62 Å². The fourth-order valence-corrected chi connectivity index (χ4v) is 4.32. The second-order valence-electron chi connectivity index (χ2n) is 6.81. The third-order valence-corrected chi connectivity index (χ3v) is 6.39. The smallest absolute Gasteiger partial charge is 0.243 e. The van der Waals surface area contributed by atoms with Crippen LogP contribution >= 0.6 is 0 Å². The molecule has 1 fully saturated rings. The van der Waals surface area contributed by atoms with Gasteiger partial charge in [0.05, 0.1) is 4.90 Å². The summed E-state index contributed by atoms with van der Waals surface area (Å²) in [6.45, 7) is 7.62. The quantitative estimate of drug-likeness (QED) is 0.855. The molecular weight excluding hydrogens is 324 g/mol. The van der Waals surface area contributed by atoms with E-state index in [0.29, 0.717) is 43.3 Å². The van der Waals surface area contributed by atoms with Gasteiger partial charge in [0.1, 0.15) is 0 Å². The topological polar surface area (TPSA) is 66.5 Å². The first kappa shape index (κ1) is 18.9. The molecule has 0 aromatic heterocycles. The molecule has 1 aliphatic heterocycles. The van der Waals surface area contributed by atoms with Crippen molar-refractivity contribution in [2.75, 3.05) is 19.6 Å². The predicted octanol–water partition coefficient (Wildman–Crippen LogP) is 2.42. The second kappa shape index (κ2) is 8.12. The van der Waals surface area contributed by atoms with Gasteiger partial charge in [0.15, 0.2) is 0 Å². The van der Waals surface area contributed by atoms with E-state index < -0.39 is 10.0 Å². The van der Waals surface area contributed by atoms with Crippen molar-refractivity contribution in [2.45, 2.75) is 44.9 Å². The van der Waals surface area contributed by atoms with Crippen LogP contribution in [0.15, 0.2) is 29.2 Å². The van der Waals surface area contributed by atoms with Gasteiger partial charge in [-0.25, -0.2) is 8.42 Å². The van der Waals surface area contributed by atoms with E-state index in [1.165, 1.54) is 4.31 Å². The van der Waals surface area contributed by atoms with E-state index in [4.69, 9.17) is 0 Å². The second-order valence-corrected chi connectivity index (χ2v) is 8.75. The fraction of sp³-hybridized carbons (Fsp3) is 0.611. The molecule has 1 aliphatic rings. The lowest BCUT2D eigenvalue weighted by Gasteiger charge is -2.30. The highest BCUT2D eigenvalue weighted by Crippen LogP contribution is 2.24. The number of hydrogen-bond donors (Lipinski definition) is 1. The Morgan fingerprint density at radius 2 is 1.79 bits per heavy atom. The number of carbonyl (C=O) groups is 1. The summed E-state index contributed by atoms with van der Waals surface area (Å²) < 4.78 is 26.9. The SMILES string of the molecule is CCc1ccc(S(=O)(=O)N2CCC(C(=O)NCC(C)C)CC2)cc1. The summed E-state index contributed by atoms with van der Waals surface area (Å²) in [5.41, 5.74) is 1.12. The monoisotopic (exact) mass is 352 g/mol. The third-order valence-electron chi connectivity index (χ3n) is 4.48. The summed E-state index contributed by atoms with van der Waals surface area (Å²) in [7, 11) is -3.46. The summed E-state index contributed by atoms with van der Waals surface area (Å²) in [6, 6.07) is 7.07. The number of aryl methyl sites for hydroxylation is 1. The zero-order valence-electron chi connectivity index (χ0n) is 14.8. The first-order chi connectivity index (χ1) is 11.3. The van der Waals surface area contributed by atoms with Gasteiger partial charge in [-0.05, 0) is 42.9 Å². The molecule has 2 rings (SSSR count). The molecule has 0 spiro atoms. The van der Waals surface area contributed by atoms with E-state index in [1.54, 1.807) is 12.1 Å². The summed E-state index contributed by atoms with van der Waals surface area (Å²) in [5, 5.41) is 2.94. The maximum absolute atomic E-state index is 12.7. The van der Waals surface area contributed by atoms with E-state index in [9.17, 15) is 13.2 Å². The summed E-state index contributed by atoms with van der Waals surface area (Å²) in [4.78, 5) is 12.5. The van der Waals surface area contributed by atoms with Crippen molar-refractivity contribution in [1.29, 1.82) is 0 Å². The molecule has 1 aromatic rings. The van der Waals surface area contributed by atoms with Crippen LogP contribution in [0.4, 0.5) is 0 Å². The molecule has 134 valence electrons. The lowest BCUT2D eigenvalue weighted by molar-refractivity contribution is -0.126. The van der Waals surface area contributed by atoms with Crippen LogP contribution in [0, 0.1) is 11.8 Å². The van der Waals surface area contributed by atoms with Gasteiger partial charge in [-0.2, -0.15) is 4.31 Å². The Morgan fingerprint density at radius 1 is 1.21 bits per heavy atom. The number of piperidine rings is 1. The van der Waals surface area contributed by atoms with Crippen LogP contribution in [0.2, 0.25) is 0 Å². The molecule has 1 aromatic carbocycles. The number of nitrogens with zero attached hydrogens (tertiary/aromatic N) is 1. The van der Waals surface area contributed by atoms with Crippen molar-refractivity contribution in [3.8, 4) is 0 Å². The Bertz CT molecular complexity index is 645. The van der Waals surface area contributed by atoms with Crippen LogP contribution in [-0.4, -0.2) is 38.3 Å². The number of nitrogens with one attached hydrogen (secondary N) is 1. The zero-order chi connectivity index (χ0) is 17.7. The molecule has 0 unspecified atom stereocenters. The van der Waals surface area contributed by atoms with Crippen molar-refractivity contribution in [3.05, 3.63) is 29.8 Å². The van der Waals surface area contributed by atoms with Gasteiger partial charge >= 0.3 is 0 Å². The molecule has 1 amide bonds. The molecular formula is C18H28N2O3S. The first-order valence-corrected chi connectivity index (χ1v) is 10.2. The third kappa shape index (κ3) is 4.57. The van der Waals surface area contributed by atoms with Gasteiger partial charge in [-0.15, -0.1) is 0 Å². The maximum Gasteiger partial charge on any atom is 0.243 e. The van der Waals surface area contributed by atoms with E-state index in [1.807, 2.05) is 19.1 Å². The van der Waals surface area contributed by atoms with E-state index >= 15 is 0 Å². The predicted molar refractivity (Wildman–Crippen MR) is 95.2 cm³/mol. The van der Waals surface area contributed by atoms with Crippen LogP contribution < -0.4 is 5.32 Å². The fourth-order valence-electron chi connectivity index (χ4n) is 2.85. The van der Waals surface area contributed by atoms with Gasteiger partial charge in [0, 0.05) is 25.6 Å². The normalized spacial score (nSPS) is 17.2. The van der Waals surface area contributed by atoms with Crippen LogP contribution in [0.25, 0.3) is 0 Å². The number of sulfonamides is 1. The molecule has 24 heavy (non-hydrogen) atoms. The molecule has 5 nitrogen and oxygen atoms in total. The largest absolute Gasteiger partial charge is 0.356 e. The number of benzene rings is 1. The minimum absolute atomic E-state index is 0.0491. The van der Waals surface area contributed by atoms with Crippen LogP contribution in [0.1, 0.15) is 39.2 Å². The van der Waals surface area contributed by atoms with E-state index in [2.05, 4.69) is 19.2 Å². The van der Waals surface area contributed by atoms with Gasteiger partial charge in [0.25, 0.3) is 0 Å². The van der Waals surface area contributed by atoms with E-state index in [0.717, 1.165) is 12.0 Å². The van der Waals surface area contributed by atoms with Crippen molar-refractivity contribution in [3.63, 3.8) is 0 Å². The standard InChI is InChI=1S/C18H28N2O3S/c1-4-15-5-7-17(8-6-15)24(22,23)20-11-9-16(10-12-20)18(21)19-13-14(2)3/h5-8,14,16H,4,9-13H2,1-3H3,(H,19,21). The number of hydrogen-bond acceptors (Lipinski definition) is 3. The lowest BCUT2D eigenvalue weighted by Crippen LogP contribution is -2.43. The number of amides is 1. The first-order valence-electron chi connectivity index (χ1n) is 8.71. The molecule has 1 heterocycles. The van der Waals surface area contributed by atoms with E-state index in [-0.39, 0.29) is 11.8 Å². The molecule has 0 atom stereocenters. The number of rotatable bonds is 6. The highest BCUT2D eigenvalue weighted by molar-refractivity contribution is 7.89. The molecule has 0 radical (unpaired) electrons. The Labute approximate surface area is 145 Å². The summed E-state index contributed by atoms with van der Waals surface area (Å²) in [5.74, 6) is 0.381. The van der Waals surface area contributed by atoms with Crippen LogP contribution in [-0.2, 0) is 21.2 Å². The van der Waals surface area contributed by atoms with Gasteiger partial charge in [-0.1, -0.05) is 32.9 Å². The summed E-state index contributed by atoms with van der Waals surface area (Å²) >= 11 is 0. The molecule has 1 N–H and O–H groups in total. The molecule has 1 saturated heterocycles.